The van der Waals surface area contributed by atoms with E-state index in [-0.39, 0.29) is 11.7 Å². The van der Waals surface area contributed by atoms with Crippen molar-refractivity contribution in [3.05, 3.63) is 52.6 Å². The first kappa shape index (κ1) is 20.9. The summed E-state index contributed by atoms with van der Waals surface area (Å²) in [6.45, 7) is 8.59. The van der Waals surface area contributed by atoms with Crippen LogP contribution in [-0.4, -0.2) is 18.5 Å². The summed E-state index contributed by atoms with van der Waals surface area (Å²) in [5, 5.41) is 0. The highest BCUT2D eigenvalue weighted by atomic mass is 19.1. The van der Waals surface area contributed by atoms with E-state index in [1.807, 2.05) is 40.0 Å². The van der Waals surface area contributed by atoms with Gasteiger partial charge in [-0.25, -0.2) is 4.39 Å². The van der Waals surface area contributed by atoms with Gasteiger partial charge in [-0.3, -0.25) is 9.98 Å². The van der Waals surface area contributed by atoms with Gasteiger partial charge in [-0.15, -0.1) is 0 Å². The van der Waals surface area contributed by atoms with Gasteiger partial charge in [0.1, 0.15) is 5.82 Å². The van der Waals surface area contributed by atoms with Crippen molar-refractivity contribution in [1.82, 2.24) is 0 Å². The first-order valence-electron chi connectivity index (χ1n) is 9.52. The zero-order chi connectivity index (χ0) is 20.0. The first-order valence-corrected chi connectivity index (χ1v) is 9.52. The van der Waals surface area contributed by atoms with Crippen LogP contribution < -0.4 is 11.5 Å². The third kappa shape index (κ3) is 7.00. The molecule has 0 radical (unpaired) electrons. The monoisotopic (exact) mass is 370 g/mol. The lowest BCUT2D eigenvalue weighted by atomic mass is 10.0. The molecule has 0 unspecified atom stereocenters. The number of rotatable bonds is 8. The molecule has 1 aliphatic carbocycles. The van der Waals surface area contributed by atoms with Gasteiger partial charge in [0.15, 0.2) is 0 Å². The minimum absolute atomic E-state index is 0.162. The van der Waals surface area contributed by atoms with Crippen LogP contribution >= 0.6 is 0 Å². The number of aliphatic imine (C=N–C) groups is 2. The molecule has 0 atom stereocenters. The molecule has 4 N–H and O–H groups in total. The maximum Gasteiger partial charge on any atom is 0.123 e. The molecule has 4 nitrogen and oxygen atoms in total. The number of allylic oxidation sites excluding steroid dienone is 4. The highest BCUT2D eigenvalue weighted by Crippen LogP contribution is 2.29. The molecular weight excluding hydrogens is 339 g/mol. The van der Waals surface area contributed by atoms with Crippen molar-refractivity contribution in [2.75, 3.05) is 6.54 Å². The maximum atomic E-state index is 13.7. The van der Waals surface area contributed by atoms with E-state index in [9.17, 15) is 4.39 Å². The van der Waals surface area contributed by atoms with Gasteiger partial charge in [-0.1, -0.05) is 13.8 Å². The summed E-state index contributed by atoms with van der Waals surface area (Å²) in [6, 6.07) is 4.69. The molecular formula is C22H31FN4. The van der Waals surface area contributed by atoms with Crippen LogP contribution in [0.2, 0.25) is 0 Å². The summed E-state index contributed by atoms with van der Waals surface area (Å²) in [5.41, 5.74) is 16.7. The fourth-order valence-electron chi connectivity index (χ4n) is 2.72. The van der Waals surface area contributed by atoms with Crippen molar-refractivity contribution in [2.24, 2.45) is 27.4 Å². The summed E-state index contributed by atoms with van der Waals surface area (Å²) < 4.78 is 13.7. The fourth-order valence-corrected chi connectivity index (χ4v) is 2.72. The molecule has 1 fully saturated rings. The molecule has 0 aromatic heterocycles. The van der Waals surface area contributed by atoms with Gasteiger partial charge >= 0.3 is 0 Å². The van der Waals surface area contributed by atoms with E-state index in [2.05, 4.69) is 4.99 Å². The normalized spacial score (nSPS) is 17.0. The summed E-state index contributed by atoms with van der Waals surface area (Å²) in [5.74, 6) is 0.637. The molecule has 1 aromatic carbocycles. The average Bonchev–Trinajstić information content (AvgIpc) is 3.38. The Hall–Kier alpha value is -2.43. The van der Waals surface area contributed by atoms with Gasteiger partial charge in [0.2, 0.25) is 0 Å². The van der Waals surface area contributed by atoms with Crippen molar-refractivity contribution in [3.63, 3.8) is 0 Å². The Morgan fingerprint density at radius 2 is 1.96 bits per heavy atom. The third-order valence-corrected chi connectivity index (χ3v) is 4.46. The van der Waals surface area contributed by atoms with Crippen molar-refractivity contribution >= 4 is 17.6 Å². The number of hydrogen-bond donors (Lipinski definition) is 2. The molecule has 0 saturated heterocycles. The van der Waals surface area contributed by atoms with Crippen molar-refractivity contribution in [2.45, 2.75) is 52.9 Å². The quantitative estimate of drug-likeness (QED) is 0.633. The van der Waals surface area contributed by atoms with Crippen molar-refractivity contribution in [3.8, 4) is 0 Å². The van der Waals surface area contributed by atoms with Gasteiger partial charge in [-0.2, -0.15) is 0 Å². The van der Waals surface area contributed by atoms with Gasteiger partial charge in [0, 0.05) is 36.3 Å². The summed E-state index contributed by atoms with van der Waals surface area (Å²) >= 11 is 0. The Labute approximate surface area is 162 Å². The van der Waals surface area contributed by atoms with Gasteiger partial charge in [0.05, 0.1) is 5.69 Å². The molecule has 0 aliphatic heterocycles. The molecule has 0 bridgehead atoms. The Balaban J connectivity index is 2.34. The summed E-state index contributed by atoms with van der Waals surface area (Å²) in [7, 11) is 0. The van der Waals surface area contributed by atoms with E-state index in [0.717, 1.165) is 35.0 Å². The Kier molecular flexibility index (Phi) is 7.34. The molecule has 5 heteroatoms. The molecule has 1 aromatic rings. The lowest BCUT2D eigenvalue weighted by molar-refractivity contribution is 0.623. The van der Waals surface area contributed by atoms with E-state index in [1.54, 1.807) is 12.1 Å². The molecule has 0 heterocycles. The lowest BCUT2D eigenvalue weighted by Gasteiger charge is -2.12. The summed E-state index contributed by atoms with van der Waals surface area (Å²) in [6.07, 6.45) is 6.76. The highest BCUT2D eigenvalue weighted by molar-refractivity contribution is 6.02. The SMILES string of the molecule is CC(N)=CC(CC(C=NCC1CC1)=C(C)N)=Nc1ccc(F)cc1C(C)C. The largest absolute Gasteiger partial charge is 0.402 e. The second kappa shape index (κ2) is 9.49. The average molecular weight is 371 g/mol. The van der Waals surface area contributed by atoms with E-state index in [0.29, 0.717) is 17.8 Å². The Morgan fingerprint density at radius 1 is 1.26 bits per heavy atom. The number of halogens is 1. The summed E-state index contributed by atoms with van der Waals surface area (Å²) in [4.78, 5) is 9.31. The van der Waals surface area contributed by atoms with Crippen LogP contribution in [0.1, 0.15) is 58.4 Å². The van der Waals surface area contributed by atoms with Crippen LogP contribution in [-0.2, 0) is 0 Å². The van der Waals surface area contributed by atoms with Crippen LogP contribution in [0.4, 0.5) is 10.1 Å². The second-order valence-electron chi connectivity index (χ2n) is 7.67. The standard InChI is InChI=1S/C22H31FN4/c1-14(2)21-11-19(23)7-8-22(21)27-20(9-15(3)24)10-18(16(4)25)13-26-12-17-5-6-17/h7-9,11,13-14,17H,5-6,10,12,24-25H2,1-4H3. The van der Waals surface area contributed by atoms with E-state index in [1.165, 1.54) is 18.9 Å². The number of hydrogen-bond acceptors (Lipinski definition) is 4. The zero-order valence-electron chi connectivity index (χ0n) is 16.8. The fraction of sp³-hybridized carbons (Fsp3) is 0.455. The first-order chi connectivity index (χ1) is 12.8. The molecule has 0 spiro atoms. The topological polar surface area (TPSA) is 76.8 Å². The smallest absolute Gasteiger partial charge is 0.123 e. The van der Waals surface area contributed by atoms with E-state index >= 15 is 0 Å². The molecule has 2 rings (SSSR count). The Morgan fingerprint density at radius 3 is 2.52 bits per heavy atom. The number of nitrogens with two attached hydrogens (primary N) is 2. The molecule has 1 saturated carbocycles. The third-order valence-electron chi connectivity index (χ3n) is 4.46. The van der Waals surface area contributed by atoms with Gasteiger partial charge in [0.25, 0.3) is 0 Å². The van der Waals surface area contributed by atoms with E-state index < -0.39 is 0 Å². The molecule has 146 valence electrons. The number of benzene rings is 1. The van der Waals surface area contributed by atoms with Crippen LogP contribution in [0.25, 0.3) is 0 Å². The minimum Gasteiger partial charge on any atom is -0.402 e. The zero-order valence-corrected chi connectivity index (χ0v) is 16.8. The van der Waals surface area contributed by atoms with E-state index in [4.69, 9.17) is 16.5 Å². The number of nitrogens with zero attached hydrogens (tertiary/aromatic N) is 2. The second-order valence-corrected chi connectivity index (χ2v) is 7.67. The van der Waals surface area contributed by atoms with Crippen LogP contribution in [0, 0.1) is 11.7 Å². The van der Waals surface area contributed by atoms with Gasteiger partial charge < -0.3 is 11.5 Å². The Bertz CT molecular complexity index is 776. The molecule has 0 amide bonds. The highest BCUT2D eigenvalue weighted by Gasteiger charge is 2.20. The lowest BCUT2D eigenvalue weighted by Crippen LogP contribution is -2.07. The predicted octanol–water partition coefficient (Wildman–Crippen LogP) is 4.99. The molecule has 27 heavy (non-hydrogen) atoms. The van der Waals surface area contributed by atoms with Crippen molar-refractivity contribution < 1.29 is 4.39 Å². The van der Waals surface area contributed by atoms with Crippen LogP contribution in [0.15, 0.2) is 51.2 Å². The predicted molar refractivity (Wildman–Crippen MR) is 113 cm³/mol. The van der Waals surface area contributed by atoms with Crippen molar-refractivity contribution in [1.29, 1.82) is 0 Å². The minimum atomic E-state index is -0.254. The van der Waals surface area contributed by atoms with Crippen LogP contribution in [0.3, 0.4) is 0 Å². The van der Waals surface area contributed by atoms with Gasteiger partial charge in [-0.05, 0) is 73.9 Å². The van der Waals surface area contributed by atoms with Crippen LogP contribution in [0.5, 0.6) is 0 Å². The maximum absolute atomic E-state index is 13.7. The molecule has 1 aliphatic rings.